The van der Waals surface area contributed by atoms with E-state index in [2.05, 4.69) is 20.4 Å². The maximum Gasteiger partial charge on any atom is 0.310 e. The molecule has 0 amide bonds. The van der Waals surface area contributed by atoms with E-state index in [4.69, 9.17) is 37.9 Å². The Morgan fingerprint density at radius 3 is 1.53 bits per heavy atom. The number of aliphatic imine (C=N–C) groups is 2. The van der Waals surface area contributed by atoms with Gasteiger partial charge in [0.2, 0.25) is 0 Å². The lowest BCUT2D eigenvalue weighted by Crippen LogP contribution is -2.39. The minimum Gasteiger partial charge on any atom is -0.508 e. The molecule has 6 aromatic rings. The molecule has 16 heteroatoms. The molecule has 55 heavy (non-hydrogen) atoms. The monoisotopic (exact) mass is 776 g/mol. The molecule has 4 atom stereocenters. The molecule has 14 nitrogen and oxygen atoms in total. The van der Waals surface area contributed by atoms with Crippen LogP contribution in [0.4, 0.5) is 0 Å². The largest absolute Gasteiger partial charge is 0.508 e. The fourth-order valence-corrected chi connectivity index (χ4v) is 7.58. The number of halogens is 2. The first-order chi connectivity index (χ1) is 26.4. The van der Waals surface area contributed by atoms with Gasteiger partial charge in [-0.15, -0.1) is 20.4 Å². The lowest BCUT2D eigenvalue weighted by atomic mass is 9.80. The van der Waals surface area contributed by atoms with Gasteiger partial charge in [0.15, 0.2) is 11.6 Å². The number of hydrogen-bond acceptors (Lipinski definition) is 10. The molecule has 0 radical (unpaired) electrons. The summed E-state index contributed by atoms with van der Waals surface area (Å²) < 4.78 is 8.89. The van der Waals surface area contributed by atoms with Crippen LogP contribution in [0, 0.1) is 25.7 Å². The van der Waals surface area contributed by atoms with Crippen LogP contribution in [0.15, 0.2) is 94.9 Å². The van der Waals surface area contributed by atoms with Crippen LogP contribution in [-0.4, -0.2) is 75.3 Å². The van der Waals surface area contributed by atoms with Gasteiger partial charge in [0, 0.05) is 32.3 Å². The molecule has 0 spiro atoms. The third-order valence-corrected chi connectivity index (χ3v) is 10.3. The van der Waals surface area contributed by atoms with E-state index in [1.54, 1.807) is 95.8 Å². The van der Waals surface area contributed by atoms with E-state index >= 15 is 0 Å². The Morgan fingerprint density at radius 2 is 1.09 bits per heavy atom. The van der Waals surface area contributed by atoms with E-state index in [0.717, 1.165) is 0 Å². The molecule has 276 valence electrons. The number of aromatic nitrogens is 6. The summed E-state index contributed by atoms with van der Waals surface area (Å²) in [6, 6.07) is 20.6. The molecule has 0 saturated carbocycles. The number of aliphatic carboxylic acids is 2. The molecular formula is C39H30Cl2N8O6. The van der Waals surface area contributed by atoms with Gasteiger partial charge in [-0.25, -0.2) is 0 Å². The highest BCUT2D eigenvalue weighted by molar-refractivity contribution is 6.31. The molecular weight excluding hydrogens is 747 g/mol. The number of ether oxygens (including phenoxy) is 1. The van der Waals surface area contributed by atoms with Gasteiger partial charge in [-0.05, 0) is 74.5 Å². The molecule has 0 aliphatic carbocycles. The highest BCUT2D eigenvalue weighted by Gasteiger charge is 2.50. The van der Waals surface area contributed by atoms with E-state index < -0.39 is 35.9 Å². The van der Waals surface area contributed by atoms with Crippen molar-refractivity contribution in [1.82, 2.24) is 29.5 Å². The molecule has 8 rings (SSSR count). The van der Waals surface area contributed by atoms with Crippen LogP contribution in [-0.2, 0) is 9.59 Å². The zero-order chi connectivity index (χ0) is 38.7. The van der Waals surface area contributed by atoms with Crippen LogP contribution >= 0.6 is 23.2 Å². The van der Waals surface area contributed by atoms with Gasteiger partial charge < -0.3 is 20.1 Å². The Balaban J connectivity index is 1.41. The zero-order valence-electron chi connectivity index (χ0n) is 29.3. The second-order valence-corrected chi connectivity index (χ2v) is 13.9. The quantitative estimate of drug-likeness (QED) is 0.157. The first kappa shape index (κ1) is 35.6. The third-order valence-electron chi connectivity index (χ3n) is 9.81. The van der Waals surface area contributed by atoms with Crippen LogP contribution in [0.5, 0.6) is 11.5 Å². The highest BCUT2D eigenvalue weighted by Crippen LogP contribution is 2.45. The number of hydrogen-bond donors (Lipinski definition) is 3. The first-order valence-electron chi connectivity index (χ1n) is 16.9. The molecule has 4 aromatic carbocycles. The van der Waals surface area contributed by atoms with Gasteiger partial charge >= 0.3 is 11.9 Å². The van der Waals surface area contributed by atoms with E-state index in [1.165, 1.54) is 19.2 Å². The number of carbonyl (C=O) groups is 2. The Morgan fingerprint density at radius 1 is 0.655 bits per heavy atom. The number of aryl methyl sites for hydroxylation is 2. The molecule has 2 aliphatic heterocycles. The number of nitrogens with zero attached hydrogens (tertiary/aromatic N) is 8. The van der Waals surface area contributed by atoms with Crippen molar-refractivity contribution in [2.45, 2.75) is 25.9 Å². The Kier molecular flexibility index (Phi) is 8.94. The number of aromatic hydroxyl groups is 1. The fourth-order valence-electron chi connectivity index (χ4n) is 7.33. The van der Waals surface area contributed by atoms with Crippen molar-refractivity contribution in [2.75, 3.05) is 7.11 Å². The zero-order valence-corrected chi connectivity index (χ0v) is 30.8. The molecule has 3 N–H and O–H groups in total. The molecule has 2 aliphatic rings. The number of rotatable bonds is 8. The number of carboxylic acid groups (broad SMARTS) is 2. The molecule has 2 unspecified atom stereocenters. The lowest BCUT2D eigenvalue weighted by Gasteiger charge is -2.29. The van der Waals surface area contributed by atoms with Crippen molar-refractivity contribution in [3.63, 3.8) is 0 Å². The summed E-state index contributed by atoms with van der Waals surface area (Å²) in [6.45, 7) is 3.40. The predicted molar refractivity (Wildman–Crippen MR) is 202 cm³/mol. The van der Waals surface area contributed by atoms with Crippen LogP contribution < -0.4 is 4.74 Å². The van der Waals surface area contributed by atoms with Crippen molar-refractivity contribution in [2.24, 2.45) is 21.8 Å². The average molecular weight is 778 g/mol. The second-order valence-electron chi connectivity index (χ2n) is 13.1. The predicted octanol–water partition coefficient (Wildman–Crippen LogP) is 6.37. The summed E-state index contributed by atoms with van der Waals surface area (Å²) in [4.78, 5) is 37.9. The summed E-state index contributed by atoms with van der Waals surface area (Å²) in [5, 5.41) is 51.6. The van der Waals surface area contributed by atoms with E-state index in [9.17, 15) is 24.9 Å². The van der Waals surface area contributed by atoms with Crippen molar-refractivity contribution in [1.29, 1.82) is 0 Å². The number of phenolic OH excluding ortho intramolecular Hbond substituents is 1. The van der Waals surface area contributed by atoms with Crippen molar-refractivity contribution in [3.8, 4) is 22.9 Å². The van der Waals surface area contributed by atoms with Crippen LogP contribution in [0.25, 0.3) is 11.4 Å². The van der Waals surface area contributed by atoms with Gasteiger partial charge in [-0.2, -0.15) is 0 Å². The van der Waals surface area contributed by atoms with Crippen molar-refractivity contribution < 1.29 is 29.6 Å². The Hall–Kier alpha value is -6.38. The number of benzene rings is 4. The molecule has 0 fully saturated rings. The van der Waals surface area contributed by atoms with Gasteiger partial charge in [-0.3, -0.25) is 28.7 Å². The van der Waals surface area contributed by atoms with Gasteiger partial charge in [0.05, 0.1) is 29.9 Å². The SMILES string of the molecule is COc1ccc2c(c1)C(c1ccc(Cl)cc1)=N[C@@H](C(C(=O)O)C(C(=O)O)[C@@H]1N=C(c3ccc(Cl)cc3)c3cc(O)ccc3-n3c(C)nnc31)c1nnc(C)n1-2. The Bertz CT molecular complexity index is 2580. The number of fused-ring (bicyclic) bond motifs is 6. The standard InChI is InChI=1S/C39H30Cl2N8O6/c1-18-44-46-36-34(42-32(20-4-8-22(40)9-5-20)26-16-24(50)12-14-28(26)48(18)36)30(38(51)52)31(39(53)54)35-37-47-45-19(2)49(37)29-15-13-25(55-3)17-27(29)33(43-35)21-6-10-23(41)11-7-21/h4-17,30-31,34-35,50H,1-3H3,(H,51,52)(H,53,54)/t30?,31?,34-,35-/m0/s1. The van der Waals surface area contributed by atoms with Crippen LogP contribution in [0.3, 0.4) is 0 Å². The van der Waals surface area contributed by atoms with E-state index in [0.29, 0.717) is 66.8 Å². The summed E-state index contributed by atoms with van der Waals surface area (Å²) in [5.74, 6) is -5.19. The number of phenols is 1. The lowest BCUT2D eigenvalue weighted by molar-refractivity contribution is -0.156. The average Bonchev–Trinajstić information content (AvgIpc) is 3.65. The van der Waals surface area contributed by atoms with Gasteiger partial charge in [0.1, 0.15) is 47.1 Å². The van der Waals surface area contributed by atoms with Crippen LogP contribution in [0.2, 0.25) is 10.0 Å². The number of carboxylic acids is 2. The van der Waals surface area contributed by atoms with Gasteiger partial charge in [-0.1, -0.05) is 47.5 Å². The van der Waals surface area contributed by atoms with Gasteiger partial charge in [0.25, 0.3) is 0 Å². The summed E-state index contributed by atoms with van der Waals surface area (Å²) in [5.41, 5.74) is 3.81. The van der Waals surface area contributed by atoms with E-state index in [1.807, 2.05) is 0 Å². The molecule has 2 aromatic heterocycles. The second kappa shape index (κ2) is 13.8. The number of methoxy groups -OCH3 is 1. The molecule has 4 heterocycles. The normalized spacial score (nSPS) is 16.9. The first-order valence-corrected chi connectivity index (χ1v) is 17.7. The third kappa shape index (κ3) is 6.09. The van der Waals surface area contributed by atoms with Crippen molar-refractivity contribution in [3.05, 3.63) is 141 Å². The minimum atomic E-state index is -1.83. The maximum absolute atomic E-state index is 13.9. The molecule has 0 bridgehead atoms. The summed E-state index contributed by atoms with van der Waals surface area (Å²) >= 11 is 12.5. The highest BCUT2D eigenvalue weighted by atomic mass is 35.5. The Labute approximate surface area is 323 Å². The topological polar surface area (TPSA) is 190 Å². The maximum atomic E-state index is 13.9. The summed E-state index contributed by atoms with van der Waals surface area (Å²) in [7, 11) is 1.53. The van der Waals surface area contributed by atoms with Crippen LogP contribution in [0.1, 0.15) is 57.6 Å². The molecule has 0 saturated heterocycles. The summed E-state index contributed by atoms with van der Waals surface area (Å²) in [6.07, 6.45) is 0. The fraction of sp³-hybridized carbons (Fsp3) is 0.179. The smallest absolute Gasteiger partial charge is 0.310 e. The minimum absolute atomic E-state index is 0.0715. The van der Waals surface area contributed by atoms with E-state index in [-0.39, 0.29) is 23.1 Å². The van der Waals surface area contributed by atoms with Crippen molar-refractivity contribution >= 4 is 46.6 Å².